The zero-order valence-electron chi connectivity index (χ0n) is 9.77. The molecule has 1 aliphatic rings. The Morgan fingerprint density at radius 3 is 2.65 bits per heavy atom. The van der Waals surface area contributed by atoms with E-state index in [9.17, 15) is 0 Å². The van der Waals surface area contributed by atoms with Crippen LogP contribution >= 0.6 is 11.6 Å². The van der Waals surface area contributed by atoms with Gasteiger partial charge in [-0.1, -0.05) is 42.7 Å². The molecular formula is C13H13ClN2O. The third kappa shape index (κ3) is 2.13. The van der Waals surface area contributed by atoms with E-state index in [4.69, 9.17) is 21.7 Å². The van der Waals surface area contributed by atoms with Gasteiger partial charge in [-0.2, -0.15) is 5.26 Å². The predicted octanol–water partition coefficient (Wildman–Crippen LogP) is 3.38. The molecule has 0 aromatic heterocycles. The molecular weight excluding hydrogens is 236 g/mol. The fourth-order valence-corrected chi connectivity index (χ4v) is 2.05. The van der Waals surface area contributed by atoms with Gasteiger partial charge in [0.1, 0.15) is 0 Å². The van der Waals surface area contributed by atoms with Gasteiger partial charge in [-0.25, -0.2) is 0 Å². The summed E-state index contributed by atoms with van der Waals surface area (Å²) in [6.45, 7) is 4.07. The van der Waals surface area contributed by atoms with Crippen molar-refractivity contribution >= 4 is 17.3 Å². The van der Waals surface area contributed by atoms with Gasteiger partial charge in [-0.05, 0) is 12.1 Å². The maximum Gasteiger partial charge on any atom is 0.151 e. The summed E-state index contributed by atoms with van der Waals surface area (Å²) in [5.41, 5.74) is 1.60. The molecule has 0 amide bonds. The number of hydrogen-bond donors (Lipinski definition) is 0. The SMILES string of the molecule is CC1(C)C(c2ccc(Cl)cc2)=NOC1CC#N. The molecule has 0 aliphatic carbocycles. The molecule has 1 heterocycles. The summed E-state index contributed by atoms with van der Waals surface area (Å²) >= 11 is 5.85. The van der Waals surface area contributed by atoms with Gasteiger partial charge in [0.05, 0.1) is 23.6 Å². The van der Waals surface area contributed by atoms with Crippen LogP contribution in [0.25, 0.3) is 0 Å². The van der Waals surface area contributed by atoms with Crippen molar-refractivity contribution in [3.8, 4) is 6.07 Å². The number of oxime groups is 1. The van der Waals surface area contributed by atoms with Gasteiger partial charge in [0.25, 0.3) is 0 Å². The molecule has 0 saturated carbocycles. The second-order valence-corrected chi connectivity index (χ2v) is 5.06. The molecule has 88 valence electrons. The van der Waals surface area contributed by atoms with Crippen molar-refractivity contribution in [2.75, 3.05) is 0 Å². The number of nitrogens with zero attached hydrogens (tertiary/aromatic N) is 2. The fraction of sp³-hybridized carbons (Fsp3) is 0.385. The Labute approximate surface area is 106 Å². The van der Waals surface area contributed by atoms with Crippen molar-refractivity contribution in [2.45, 2.75) is 26.4 Å². The number of hydrogen-bond acceptors (Lipinski definition) is 3. The second kappa shape index (κ2) is 4.38. The maximum absolute atomic E-state index is 8.75. The first-order valence-corrected chi connectivity index (χ1v) is 5.80. The minimum Gasteiger partial charge on any atom is -0.390 e. The van der Waals surface area contributed by atoms with Gasteiger partial charge in [0.15, 0.2) is 6.10 Å². The summed E-state index contributed by atoms with van der Waals surface area (Å²) in [5, 5.41) is 13.6. The topological polar surface area (TPSA) is 45.4 Å². The third-order valence-corrected chi connectivity index (χ3v) is 3.33. The van der Waals surface area contributed by atoms with Crippen molar-refractivity contribution in [2.24, 2.45) is 10.6 Å². The average molecular weight is 249 g/mol. The molecule has 0 saturated heterocycles. The lowest BCUT2D eigenvalue weighted by Crippen LogP contribution is -2.33. The van der Waals surface area contributed by atoms with Crippen molar-refractivity contribution in [1.82, 2.24) is 0 Å². The van der Waals surface area contributed by atoms with E-state index in [1.54, 1.807) is 0 Å². The molecule has 0 radical (unpaired) electrons. The first-order valence-electron chi connectivity index (χ1n) is 5.43. The summed E-state index contributed by atoms with van der Waals surface area (Å²) < 4.78 is 0. The lowest BCUT2D eigenvalue weighted by Gasteiger charge is -2.24. The van der Waals surface area contributed by atoms with Gasteiger partial charge in [-0.15, -0.1) is 0 Å². The van der Waals surface area contributed by atoms with E-state index in [1.807, 2.05) is 38.1 Å². The highest BCUT2D eigenvalue weighted by Gasteiger charge is 2.42. The van der Waals surface area contributed by atoms with Crippen LogP contribution < -0.4 is 0 Å². The summed E-state index contributed by atoms with van der Waals surface area (Å²) in [6, 6.07) is 9.62. The van der Waals surface area contributed by atoms with Crippen LogP contribution in [0.3, 0.4) is 0 Å². The molecule has 0 bridgehead atoms. The van der Waals surface area contributed by atoms with Crippen molar-refractivity contribution < 1.29 is 4.84 Å². The highest BCUT2D eigenvalue weighted by molar-refractivity contribution is 6.30. The smallest absolute Gasteiger partial charge is 0.151 e. The summed E-state index contributed by atoms with van der Waals surface area (Å²) in [4.78, 5) is 5.34. The van der Waals surface area contributed by atoms with E-state index < -0.39 is 0 Å². The van der Waals surface area contributed by atoms with E-state index in [0.717, 1.165) is 11.3 Å². The molecule has 1 aromatic carbocycles. The van der Waals surface area contributed by atoms with Crippen LogP contribution in [0.2, 0.25) is 5.02 Å². The van der Waals surface area contributed by atoms with Crippen molar-refractivity contribution in [3.63, 3.8) is 0 Å². The molecule has 0 fully saturated rings. The summed E-state index contributed by atoms with van der Waals surface area (Å²) in [6.07, 6.45) is 0.159. The molecule has 17 heavy (non-hydrogen) atoms. The minimum atomic E-state index is -0.260. The number of benzene rings is 1. The Kier molecular flexibility index (Phi) is 3.08. The largest absolute Gasteiger partial charge is 0.390 e. The molecule has 1 aliphatic heterocycles. The Bertz CT molecular complexity index is 485. The van der Waals surface area contributed by atoms with Crippen LogP contribution in [-0.4, -0.2) is 11.8 Å². The van der Waals surface area contributed by atoms with Gasteiger partial charge in [0.2, 0.25) is 0 Å². The summed E-state index contributed by atoms with van der Waals surface area (Å²) in [5.74, 6) is 0. The number of nitriles is 1. The molecule has 2 rings (SSSR count). The standard InChI is InChI=1S/C13H13ClN2O/c1-13(2)11(7-8-15)17-16-12(13)9-3-5-10(14)6-4-9/h3-6,11H,7H2,1-2H3. The number of rotatable bonds is 2. The Balaban J connectivity index is 2.29. The predicted molar refractivity (Wildman–Crippen MR) is 66.9 cm³/mol. The fourth-order valence-electron chi connectivity index (χ4n) is 1.93. The van der Waals surface area contributed by atoms with Gasteiger partial charge < -0.3 is 4.84 Å². The van der Waals surface area contributed by atoms with Gasteiger partial charge >= 0.3 is 0 Å². The van der Waals surface area contributed by atoms with E-state index in [1.165, 1.54) is 0 Å². The van der Waals surface area contributed by atoms with Crippen molar-refractivity contribution in [1.29, 1.82) is 5.26 Å². The highest BCUT2D eigenvalue weighted by Crippen LogP contribution is 2.36. The van der Waals surface area contributed by atoms with Gasteiger partial charge in [0, 0.05) is 10.6 Å². The van der Waals surface area contributed by atoms with Crippen LogP contribution in [-0.2, 0) is 4.84 Å². The quantitative estimate of drug-likeness (QED) is 0.805. The molecule has 0 spiro atoms. The Morgan fingerprint density at radius 2 is 2.06 bits per heavy atom. The lowest BCUT2D eigenvalue weighted by molar-refractivity contribution is 0.0403. The van der Waals surface area contributed by atoms with E-state index in [-0.39, 0.29) is 11.5 Å². The highest BCUT2D eigenvalue weighted by atomic mass is 35.5. The molecule has 4 heteroatoms. The van der Waals surface area contributed by atoms with E-state index in [0.29, 0.717) is 11.4 Å². The first-order chi connectivity index (χ1) is 8.05. The van der Waals surface area contributed by atoms with Crippen LogP contribution in [0.15, 0.2) is 29.4 Å². The third-order valence-electron chi connectivity index (χ3n) is 3.08. The lowest BCUT2D eigenvalue weighted by atomic mass is 9.78. The Hall–Kier alpha value is -1.53. The normalized spacial score (nSPS) is 21.5. The summed E-state index contributed by atoms with van der Waals surface area (Å²) in [7, 11) is 0. The van der Waals surface area contributed by atoms with Crippen molar-refractivity contribution in [3.05, 3.63) is 34.9 Å². The van der Waals surface area contributed by atoms with Crippen LogP contribution in [0.1, 0.15) is 25.8 Å². The zero-order valence-corrected chi connectivity index (χ0v) is 10.5. The monoisotopic (exact) mass is 248 g/mol. The number of halogens is 1. The molecule has 1 aromatic rings. The van der Waals surface area contributed by atoms with Crippen LogP contribution in [0.5, 0.6) is 0 Å². The molecule has 3 nitrogen and oxygen atoms in total. The van der Waals surface area contributed by atoms with E-state index >= 15 is 0 Å². The average Bonchev–Trinajstić information content (AvgIpc) is 2.57. The zero-order chi connectivity index (χ0) is 12.5. The van der Waals surface area contributed by atoms with Crippen LogP contribution in [0.4, 0.5) is 0 Å². The minimum absolute atomic E-state index is 0.182. The molecule has 1 atom stereocenters. The first kappa shape index (κ1) is 11.9. The van der Waals surface area contributed by atoms with E-state index in [2.05, 4.69) is 11.2 Å². The van der Waals surface area contributed by atoms with Gasteiger partial charge in [-0.3, -0.25) is 0 Å². The molecule has 1 unspecified atom stereocenters. The second-order valence-electron chi connectivity index (χ2n) is 4.62. The Morgan fingerprint density at radius 1 is 1.41 bits per heavy atom. The maximum atomic E-state index is 8.75. The van der Waals surface area contributed by atoms with Crippen LogP contribution in [0, 0.1) is 16.7 Å². The molecule has 0 N–H and O–H groups in total.